The molecule has 1 N–H and O–H groups in total. The predicted molar refractivity (Wildman–Crippen MR) is 75.4 cm³/mol. The first-order valence-electron chi connectivity index (χ1n) is 7.98. The molecule has 0 bridgehead atoms. The maximum atomic E-state index is 6.01. The van der Waals surface area contributed by atoms with Gasteiger partial charge in [0.15, 0.2) is 0 Å². The fourth-order valence-corrected chi connectivity index (χ4v) is 3.90. The number of morpholine rings is 1. The van der Waals surface area contributed by atoms with Crippen molar-refractivity contribution >= 4 is 0 Å². The number of ether oxygens (including phenoxy) is 2. The smallest absolute Gasteiger partial charge is 0.0827 e. The average Bonchev–Trinajstić information content (AvgIpc) is 2.93. The van der Waals surface area contributed by atoms with Crippen LogP contribution < -0.4 is 5.32 Å². The van der Waals surface area contributed by atoms with Crippen molar-refractivity contribution < 1.29 is 9.47 Å². The minimum atomic E-state index is 0.369. The Morgan fingerprint density at radius 3 is 3.00 bits per heavy atom. The van der Waals surface area contributed by atoms with Crippen LogP contribution in [0.1, 0.15) is 38.5 Å². The topological polar surface area (TPSA) is 33.7 Å². The molecule has 4 unspecified atom stereocenters. The van der Waals surface area contributed by atoms with E-state index in [9.17, 15) is 0 Å². The van der Waals surface area contributed by atoms with Gasteiger partial charge in [0.25, 0.3) is 0 Å². The lowest BCUT2D eigenvalue weighted by Gasteiger charge is -2.37. The minimum absolute atomic E-state index is 0.369. The first-order valence-corrected chi connectivity index (χ1v) is 7.98. The Kier molecular flexibility index (Phi) is 4.74. The summed E-state index contributed by atoms with van der Waals surface area (Å²) in [5.41, 5.74) is 0. The molecule has 4 nitrogen and oxygen atoms in total. The molecule has 0 radical (unpaired) electrons. The molecule has 19 heavy (non-hydrogen) atoms. The number of nitrogens with one attached hydrogen (secondary N) is 1. The first-order chi connectivity index (χ1) is 9.36. The molecular formula is C15H28N2O2. The molecule has 4 heteroatoms. The van der Waals surface area contributed by atoms with Gasteiger partial charge >= 0.3 is 0 Å². The number of hydrogen-bond donors (Lipinski definition) is 1. The minimum Gasteiger partial charge on any atom is -0.380 e. The monoisotopic (exact) mass is 268 g/mol. The van der Waals surface area contributed by atoms with Crippen LogP contribution in [0, 0.1) is 0 Å². The quantitative estimate of drug-likeness (QED) is 0.835. The summed E-state index contributed by atoms with van der Waals surface area (Å²) in [5.74, 6) is 0. The van der Waals surface area contributed by atoms with Crippen molar-refractivity contribution in [3.63, 3.8) is 0 Å². The van der Waals surface area contributed by atoms with Crippen LogP contribution in [-0.2, 0) is 9.47 Å². The van der Waals surface area contributed by atoms with E-state index in [1.54, 1.807) is 0 Å². The SMILES string of the molecule is COC1CCCCC1NCC1CN2CCCC2CO1. The highest BCUT2D eigenvalue weighted by atomic mass is 16.5. The van der Waals surface area contributed by atoms with E-state index in [4.69, 9.17) is 9.47 Å². The van der Waals surface area contributed by atoms with Gasteiger partial charge in [0.05, 0.1) is 18.8 Å². The third-order valence-corrected chi connectivity index (χ3v) is 5.07. The van der Waals surface area contributed by atoms with Gasteiger partial charge in [0.2, 0.25) is 0 Å². The van der Waals surface area contributed by atoms with Crippen LogP contribution in [0.3, 0.4) is 0 Å². The Morgan fingerprint density at radius 2 is 2.11 bits per heavy atom. The molecule has 0 amide bonds. The van der Waals surface area contributed by atoms with Crippen molar-refractivity contribution in [1.82, 2.24) is 10.2 Å². The van der Waals surface area contributed by atoms with Crippen molar-refractivity contribution in [2.75, 3.05) is 33.4 Å². The third kappa shape index (κ3) is 3.30. The Balaban J connectivity index is 1.44. The van der Waals surface area contributed by atoms with E-state index in [0.29, 0.717) is 24.3 Å². The summed E-state index contributed by atoms with van der Waals surface area (Å²) < 4.78 is 11.6. The highest BCUT2D eigenvalue weighted by molar-refractivity contribution is 4.88. The van der Waals surface area contributed by atoms with Crippen LogP contribution in [0.15, 0.2) is 0 Å². The molecule has 1 aliphatic carbocycles. The lowest BCUT2D eigenvalue weighted by Crippen LogP contribution is -2.52. The Hall–Kier alpha value is -0.160. The van der Waals surface area contributed by atoms with Crippen molar-refractivity contribution in [3.05, 3.63) is 0 Å². The fraction of sp³-hybridized carbons (Fsp3) is 1.00. The molecule has 0 aromatic rings. The lowest BCUT2D eigenvalue weighted by molar-refractivity contribution is -0.0514. The summed E-state index contributed by atoms with van der Waals surface area (Å²) in [4.78, 5) is 2.62. The molecule has 2 heterocycles. The van der Waals surface area contributed by atoms with Gasteiger partial charge in [-0.05, 0) is 32.2 Å². The number of nitrogens with zero attached hydrogens (tertiary/aromatic N) is 1. The molecule has 110 valence electrons. The number of fused-ring (bicyclic) bond motifs is 1. The second-order valence-corrected chi connectivity index (χ2v) is 6.32. The zero-order valence-corrected chi connectivity index (χ0v) is 12.1. The number of hydrogen-bond acceptors (Lipinski definition) is 4. The van der Waals surface area contributed by atoms with Crippen LogP contribution >= 0.6 is 0 Å². The molecule has 0 spiro atoms. The van der Waals surface area contributed by atoms with E-state index in [0.717, 1.165) is 19.7 Å². The van der Waals surface area contributed by atoms with Crippen LogP contribution in [0.2, 0.25) is 0 Å². The molecular weight excluding hydrogens is 240 g/mol. The average molecular weight is 268 g/mol. The summed E-state index contributed by atoms with van der Waals surface area (Å²) in [6.07, 6.45) is 8.54. The van der Waals surface area contributed by atoms with E-state index < -0.39 is 0 Å². The fourth-order valence-electron chi connectivity index (χ4n) is 3.90. The Bertz CT molecular complexity index is 287. The third-order valence-electron chi connectivity index (χ3n) is 5.07. The summed E-state index contributed by atoms with van der Waals surface area (Å²) >= 11 is 0. The van der Waals surface area contributed by atoms with Gasteiger partial charge in [-0.25, -0.2) is 0 Å². The summed E-state index contributed by atoms with van der Waals surface area (Å²) in [7, 11) is 1.84. The van der Waals surface area contributed by atoms with Gasteiger partial charge in [-0.1, -0.05) is 12.8 Å². The summed E-state index contributed by atoms with van der Waals surface area (Å²) in [5, 5.41) is 3.70. The van der Waals surface area contributed by atoms with E-state index >= 15 is 0 Å². The van der Waals surface area contributed by atoms with Gasteiger partial charge in [-0.15, -0.1) is 0 Å². The van der Waals surface area contributed by atoms with Crippen LogP contribution in [-0.4, -0.2) is 62.5 Å². The van der Waals surface area contributed by atoms with Crippen molar-refractivity contribution in [2.24, 2.45) is 0 Å². The molecule has 3 rings (SSSR count). The first kappa shape index (κ1) is 13.8. The highest BCUT2D eigenvalue weighted by Crippen LogP contribution is 2.23. The molecule has 3 aliphatic rings. The van der Waals surface area contributed by atoms with Gasteiger partial charge in [-0.2, -0.15) is 0 Å². The Morgan fingerprint density at radius 1 is 1.21 bits per heavy atom. The van der Waals surface area contributed by atoms with E-state index in [1.807, 2.05) is 7.11 Å². The van der Waals surface area contributed by atoms with Gasteiger partial charge in [0, 0.05) is 32.3 Å². The van der Waals surface area contributed by atoms with Gasteiger partial charge in [0.1, 0.15) is 0 Å². The normalized spacial score (nSPS) is 40.3. The van der Waals surface area contributed by atoms with Gasteiger partial charge in [-0.3, -0.25) is 4.90 Å². The molecule has 2 saturated heterocycles. The zero-order chi connectivity index (χ0) is 13.1. The molecule has 0 aromatic carbocycles. The van der Waals surface area contributed by atoms with E-state index in [2.05, 4.69) is 10.2 Å². The molecule has 0 aromatic heterocycles. The lowest BCUT2D eigenvalue weighted by atomic mass is 9.92. The van der Waals surface area contributed by atoms with Crippen molar-refractivity contribution in [3.8, 4) is 0 Å². The highest BCUT2D eigenvalue weighted by Gasteiger charge is 2.33. The maximum Gasteiger partial charge on any atom is 0.0827 e. The molecule has 3 fully saturated rings. The second-order valence-electron chi connectivity index (χ2n) is 6.32. The summed E-state index contributed by atoms with van der Waals surface area (Å²) in [6, 6.07) is 1.23. The standard InChI is InChI=1S/C15H28N2O2/c1-18-15-7-3-2-6-14(15)16-9-13-10-17-8-4-5-12(17)11-19-13/h12-16H,2-11H2,1H3. The second kappa shape index (κ2) is 6.53. The van der Waals surface area contributed by atoms with E-state index in [1.165, 1.54) is 45.1 Å². The maximum absolute atomic E-state index is 6.01. The zero-order valence-electron chi connectivity index (χ0n) is 12.1. The largest absolute Gasteiger partial charge is 0.380 e. The van der Waals surface area contributed by atoms with Gasteiger partial charge < -0.3 is 14.8 Å². The van der Waals surface area contributed by atoms with E-state index in [-0.39, 0.29) is 0 Å². The van der Waals surface area contributed by atoms with Crippen LogP contribution in [0.4, 0.5) is 0 Å². The Labute approximate surface area is 116 Å². The van der Waals surface area contributed by atoms with Crippen molar-refractivity contribution in [2.45, 2.75) is 62.8 Å². The molecule has 2 aliphatic heterocycles. The molecule has 1 saturated carbocycles. The number of rotatable bonds is 4. The predicted octanol–water partition coefficient (Wildman–Crippen LogP) is 1.40. The summed E-state index contributed by atoms with van der Waals surface area (Å²) in [6.45, 7) is 4.30. The van der Waals surface area contributed by atoms with Crippen LogP contribution in [0.25, 0.3) is 0 Å². The van der Waals surface area contributed by atoms with Crippen molar-refractivity contribution in [1.29, 1.82) is 0 Å². The molecule has 4 atom stereocenters. The van der Waals surface area contributed by atoms with Crippen LogP contribution in [0.5, 0.6) is 0 Å². The number of methoxy groups -OCH3 is 1.